The number of nitrogens with zero attached hydrogens (tertiary/aromatic N) is 2. The van der Waals surface area contributed by atoms with Gasteiger partial charge in [0.25, 0.3) is 0 Å². The molecule has 0 aliphatic carbocycles. The van der Waals surface area contributed by atoms with Crippen molar-refractivity contribution in [2.45, 2.75) is 33.9 Å². The fraction of sp³-hybridized carbons (Fsp3) is 0.357. The van der Waals surface area contributed by atoms with Gasteiger partial charge in [-0.3, -0.25) is 0 Å². The van der Waals surface area contributed by atoms with E-state index < -0.39 is 0 Å². The summed E-state index contributed by atoms with van der Waals surface area (Å²) < 4.78 is 3.12. The Kier molecular flexibility index (Phi) is 4.53. The molecule has 0 radical (unpaired) electrons. The molecule has 0 aliphatic rings. The predicted octanol–water partition coefficient (Wildman–Crippen LogP) is 4.55. The molecule has 2 rings (SSSR count). The molecule has 102 valence electrons. The van der Waals surface area contributed by atoms with Crippen LogP contribution >= 0.6 is 27.5 Å². The number of aryl methyl sites for hydroxylation is 1. The first-order chi connectivity index (χ1) is 9.02. The first kappa shape index (κ1) is 14.4. The van der Waals surface area contributed by atoms with Crippen molar-refractivity contribution in [3.8, 4) is 0 Å². The van der Waals surface area contributed by atoms with Crippen molar-refractivity contribution in [1.82, 2.24) is 9.55 Å². The van der Waals surface area contributed by atoms with E-state index in [0.717, 1.165) is 23.2 Å². The first-order valence-electron chi connectivity index (χ1n) is 6.23. The zero-order chi connectivity index (χ0) is 14.0. The topological polar surface area (TPSA) is 29.9 Å². The molecule has 2 aromatic heterocycles. The lowest BCUT2D eigenvalue weighted by Crippen LogP contribution is -2.03. The van der Waals surface area contributed by atoms with Crippen LogP contribution in [-0.4, -0.2) is 9.55 Å². The van der Waals surface area contributed by atoms with Crippen LogP contribution < -0.4 is 5.32 Å². The van der Waals surface area contributed by atoms with Crippen molar-refractivity contribution in [3.05, 3.63) is 44.9 Å². The van der Waals surface area contributed by atoms with Crippen LogP contribution in [0.4, 0.5) is 5.69 Å². The van der Waals surface area contributed by atoms with Gasteiger partial charge in [-0.2, -0.15) is 0 Å². The molecule has 0 saturated carbocycles. The molecule has 0 aliphatic heterocycles. The lowest BCUT2D eigenvalue weighted by Gasteiger charge is -2.08. The smallest absolute Gasteiger partial charge is 0.143 e. The van der Waals surface area contributed by atoms with Crippen LogP contribution in [0.3, 0.4) is 0 Å². The summed E-state index contributed by atoms with van der Waals surface area (Å²) >= 11 is 9.25. The summed E-state index contributed by atoms with van der Waals surface area (Å²) in [5.74, 6) is 0. The standard InChI is InChI=1S/C14H17BrClN3/c1-4-19-9(2)5-11(10(19)3)7-17-12-6-13(15)14(16)18-8-12/h5-6,8,17H,4,7H2,1-3H3. The van der Waals surface area contributed by atoms with E-state index in [1.807, 2.05) is 6.07 Å². The number of anilines is 1. The van der Waals surface area contributed by atoms with Gasteiger partial charge in [-0.1, -0.05) is 11.6 Å². The SMILES string of the molecule is CCn1c(C)cc(CNc2cnc(Cl)c(Br)c2)c1C. The second-order valence-electron chi connectivity index (χ2n) is 4.49. The Morgan fingerprint density at radius 2 is 2.11 bits per heavy atom. The Labute approximate surface area is 127 Å². The van der Waals surface area contributed by atoms with Gasteiger partial charge < -0.3 is 9.88 Å². The largest absolute Gasteiger partial charge is 0.380 e. The molecular formula is C14H17BrClN3. The molecule has 19 heavy (non-hydrogen) atoms. The van der Waals surface area contributed by atoms with Crippen LogP contribution in [0.5, 0.6) is 0 Å². The van der Waals surface area contributed by atoms with Gasteiger partial charge in [0, 0.05) is 24.5 Å². The zero-order valence-electron chi connectivity index (χ0n) is 11.3. The van der Waals surface area contributed by atoms with Gasteiger partial charge >= 0.3 is 0 Å². The Hall–Kier alpha value is -1.000. The Balaban J connectivity index is 2.12. The molecule has 2 heterocycles. The van der Waals surface area contributed by atoms with Crippen LogP contribution in [0.1, 0.15) is 23.9 Å². The number of hydrogen-bond acceptors (Lipinski definition) is 2. The number of nitrogens with one attached hydrogen (secondary N) is 1. The van der Waals surface area contributed by atoms with Crippen molar-refractivity contribution in [3.63, 3.8) is 0 Å². The normalized spacial score (nSPS) is 10.8. The number of halogens is 2. The second kappa shape index (κ2) is 5.97. The summed E-state index contributed by atoms with van der Waals surface area (Å²) in [6, 6.07) is 4.17. The Morgan fingerprint density at radius 1 is 1.37 bits per heavy atom. The van der Waals surface area contributed by atoms with Gasteiger partial charge in [0.2, 0.25) is 0 Å². The van der Waals surface area contributed by atoms with Gasteiger partial charge in [-0.15, -0.1) is 0 Å². The van der Waals surface area contributed by atoms with Crippen LogP contribution in [0.15, 0.2) is 22.8 Å². The molecule has 0 aromatic carbocycles. The zero-order valence-corrected chi connectivity index (χ0v) is 13.6. The highest BCUT2D eigenvalue weighted by molar-refractivity contribution is 9.10. The first-order valence-corrected chi connectivity index (χ1v) is 7.40. The maximum atomic E-state index is 5.88. The third-order valence-electron chi connectivity index (χ3n) is 3.27. The second-order valence-corrected chi connectivity index (χ2v) is 5.70. The highest BCUT2D eigenvalue weighted by atomic mass is 79.9. The average Bonchev–Trinajstić information content (AvgIpc) is 2.65. The van der Waals surface area contributed by atoms with Crippen molar-refractivity contribution < 1.29 is 0 Å². The van der Waals surface area contributed by atoms with E-state index in [1.54, 1.807) is 6.20 Å². The molecule has 0 atom stereocenters. The van der Waals surface area contributed by atoms with Gasteiger partial charge in [-0.25, -0.2) is 4.98 Å². The Bertz CT molecular complexity index is 593. The van der Waals surface area contributed by atoms with Crippen LogP contribution in [0.2, 0.25) is 5.15 Å². The Morgan fingerprint density at radius 3 is 2.68 bits per heavy atom. The summed E-state index contributed by atoms with van der Waals surface area (Å²) in [5.41, 5.74) is 4.88. The number of hydrogen-bond donors (Lipinski definition) is 1. The lowest BCUT2D eigenvalue weighted by molar-refractivity contribution is 0.715. The van der Waals surface area contributed by atoms with E-state index >= 15 is 0 Å². The van der Waals surface area contributed by atoms with Crippen molar-refractivity contribution in [1.29, 1.82) is 0 Å². The van der Waals surface area contributed by atoms with E-state index in [2.05, 4.69) is 57.6 Å². The molecule has 0 spiro atoms. The maximum absolute atomic E-state index is 5.88. The molecule has 0 bridgehead atoms. The van der Waals surface area contributed by atoms with Gasteiger partial charge in [0.15, 0.2) is 0 Å². The number of rotatable bonds is 4. The molecule has 0 amide bonds. The predicted molar refractivity (Wildman–Crippen MR) is 83.9 cm³/mol. The summed E-state index contributed by atoms with van der Waals surface area (Å²) in [6.45, 7) is 8.25. The molecule has 2 aromatic rings. The summed E-state index contributed by atoms with van der Waals surface area (Å²) in [5, 5.41) is 3.85. The molecule has 0 saturated heterocycles. The molecule has 3 nitrogen and oxygen atoms in total. The van der Waals surface area contributed by atoms with Crippen molar-refractivity contribution >= 4 is 33.2 Å². The maximum Gasteiger partial charge on any atom is 0.143 e. The highest BCUT2D eigenvalue weighted by Crippen LogP contribution is 2.23. The van der Waals surface area contributed by atoms with Crippen LogP contribution in [0, 0.1) is 13.8 Å². The minimum atomic E-state index is 0.481. The average molecular weight is 343 g/mol. The minimum absolute atomic E-state index is 0.481. The quantitative estimate of drug-likeness (QED) is 0.826. The highest BCUT2D eigenvalue weighted by Gasteiger charge is 2.07. The van der Waals surface area contributed by atoms with Gasteiger partial charge in [0.1, 0.15) is 5.15 Å². The fourth-order valence-electron chi connectivity index (χ4n) is 2.25. The van der Waals surface area contributed by atoms with Crippen LogP contribution in [0.25, 0.3) is 0 Å². The monoisotopic (exact) mass is 341 g/mol. The van der Waals surface area contributed by atoms with E-state index in [4.69, 9.17) is 11.6 Å². The third kappa shape index (κ3) is 3.12. The molecule has 5 heteroatoms. The number of aromatic nitrogens is 2. The minimum Gasteiger partial charge on any atom is -0.380 e. The van der Waals surface area contributed by atoms with Crippen molar-refractivity contribution in [2.24, 2.45) is 0 Å². The molecule has 0 unspecified atom stereocenters. The number of pyridine rings is 1. The lowest BCUT2D eigenvalue weighted by atomic mass is 10.2. The third-order valence-corrected chi connectivity index (χ3v) is 4.41. The van der Waals surface area contributed by atoms with E-state index in [1.165, 1.54) is 17.0 Å². The van der Waals surface area contributed by atoms with Gasteiger partial charge in [0.05, 0.1) is 16.4 Å². The molecule has 1 N–H and O–H groups in total. The van der Waals surface area contributed by atoms with Crippen molar-refractivity contribution in [2.75, 3.05) is 5.32 Å². The molecule has 0 fully saturated rings. The van der Waals surface area contributed by atoms with E-state index in [0.29, 0.717) is 5.15 Å². The fourth-order valence-corrected chi connectivity index (χ4v) is 2.71. The molecular weight excluding hydrogens is 326 g/mol. The summed E-state index contributed by atoms with van der Waals surface area (Å²) in [4.78, 5) is 4.10. The van der Waals surface area contributed by atoms with E-state index in [-0.39, 0.29) is 0 Å². The summed E-state index contributed by atoms with van der Waals surface area (Å²) in [6.07, 6.45) is 1.74. The summed E-state index contributed by atoms with van der Waals surface area (Å²) in [7, 11) is 0. The van der Waals surface area contributed by atoms with Gasteiger partial charge in [-0.05, 0) is 54.4 Å². The van der Waals surface area contributed by atoms with E-state index in [9.17, 15) is 0 Å². The van der Waals surface area contributed by atoms with Crippen LogP contribution in [-0.2, 0) is 13.1 Å².